The first-order valence-electron chi connectivity index (χ1n) is 4.49. The van der Waals surface area contributed by atoms with Crippen LogP contribution in [0, 0.1) is 11.8 Å². The number of rotatable bonds is 2. The fourth-order valence-electron chi connectivity index (χ4n) is 1.51. The lowest BCUT2D eigenvalue weighted by atomic mass is 9.91. The number of carbonyl (C=O) groups is 1. The zero-order valence-electron chi connectivity index (χ0n) is 7.80. The molecule has 2 heteroatoms. The molecule has 0 aromatic rings. The Morgan fingerprint density at radius 3 is 2.83 bits per heavy atom. The summed E-state index contributed by atoms with van der Waals surface area (Å²) in [6.07, 6.45) is 2.69. The summed E-state index contributed by atoms with van der Waals surface area (Å²) in [6.45, 7) is 7.88. The van der Waals surface area contributed by atoms with Crippen molar-refractivity contribution in [2.45, 2.75) is 33.1 Å². The fourth-order valence-corrected chi connectivity index (χ4v) is 1.51. The monoisotopic (exact) mass is 168 g/mol. The zero-order chi connectivity index (χ0) is 9.14. The second-order valence-electron chi connectivity index (χ2n) is 3.82. The standard InChI is InChI=1S/C10H16O2/c1-7(2)6-9-5-4-8(3)12-10(9)11/h7,9H,3-6H2,1-2H3. The average molecular weight is 168 g/mol. The van der Waals surface area contributed by atoms with Crippen LogP contribution in [-0.2, 0) is 9.53 Å². The highest BCUT2D eigenvalue weighted by atomic mass is 16.5. The molecule has 1 heterocycles. The third kappa shape index (κ3) is 2.36. The van der Waals surface area contributed by atoms with Crippen molar-refractivity contribution in [3.63, 3.8) is 0 Å². The van der Waals surface area contributed by atoms with Gasteiger partial charge < -0.3 is 4.74 Å². The molecule has 0 amide bonds. The molecule has 0 aromatic heterocycles. The summed E-state index contributed by atoms with van der Waals surface area (Å²) in [4.78, 5) is 11.3. The molecule has 1 rings (SSSR count). The maximum absolute atomic E-state index is 11.3. The predicted octanol–water partition coefficient (Wildman–Crippen LogP) is 2.50. The van der Waals surface area contributed by atoms with Crippen LogP contribution in [0.2, 0.25) is 0 Å². The SMILES string of the molecule is C=C1CCC(CC(C)C)C(=O)O1. The van der Waals surface area contributed by atoms with Crippen LogP contribution in [0.4, 0.5) is 0 Å². The van der Waals surface area contributed by atoms with Gasteiger partial charge in [0.25, 0.3) is 0 Å². The highest BCUT2D eigenvalue weighted by Gasteiger charge is 2.26. The van der Waals surface area contributed by atoms with E-state index in [1.807, 2.05) is 0 Å². The van der Waals surface area contributed by atoms with E-state index in [1.54, 1.807) is 0 Å². The lowest BCUT2D eigenvalue weighted by Crippen LogP contribution is -2.23. The number of allylic oxidation sites excluding steroid dienone is 1. The Hall–Kier alpha value is -0.790. The minimum Gasteiger partial charge on any atom is -0.431 e. The van der Waals surface area contributed by atoms with Crippen molar-refractivity contribution in [2.24, 2.45) is 11.8 Å². The summed E-state index contributed by atoms with van der Waals surface area (Å²) in [6, 6.07) is 0. The molecule has 0 spiro atoms. The third-order valence-electron chi connectivity index (χ3n) is 2.11. The molecule has 1 aliphatic heterocycles. The van der Waals surface area contributed by atoms with Crippen LogP contribution in [-0.4, -0.2) is 5.97 Å². The normalized spacial score (nSPS) is 24.4. The topological polar surface area (TPSA) is 26.3 Å². The molecule has 1 aliphatic rings. The molecule has 0 radical (unpaired) electrons. The summed E-state index contributed by atoms with van der Waals surface area (Å²) < 4.78 is 4.97. The van der Waals surface area contributed by atoms with Crippen LogP contribution in [0.25, 0.3) is 0 Å². The smallest absolute Gasteiger partial charge is 0.314 e. The largest absolute Gasteiger partial charge is 0.431 e. The number of ether oxygens (including phenoxy) is 1. The Balaban J connectivity index is 2.45. The van der Waals surface area contributed by atoms with Gasteiger partial charge in [-0.25, -0.2) is 0 Å². The average Bonchev–Trinajstić information content (AvgIpc) is 1.94. The van der Waals surface area contributed by atoms with Gasteiger partial charge in [0.1, 0.15) is 5.76 Å². The van der Waals surface area contributed by atoms with Gasteiger partial charge in [-0.2, -0.15) is 0 Å². The molecule has 0 aromatic carbocycles. The van der Waals surface area contributed by atoms with Crippen molar-refractivity contribution in [1.29, 1.82) is 0 Å². The first-order chi connectivity index (χ1) is 5.59. The third-order valence-corrected chi connectivity index (χ3v) is 2.11. The van der Waals surface area contributed by atoms with Gasteiger partial charge in [0, 0.05) is 6.42 Å². The van der Waals surface area contributed by atoms with Crippen LogP contribution in [0.5, 0.6) is 0 Å². The van der Waals surface area contributed by atoms with E-state index < -0.39 is 0 Å². The molecule has 0 aliphatic carbocycles. The molecule has 1 unspecified atom stereocenters. The maximum Gasteiger partial charge on any atom is 0.314 e. The van der Waals surface area contributed by atoms with E-state index in [9.17, 15) is 4.79 Å². The fraction of sp³-hybridized carbons (Fsp3) is 0.700. The molecular weight excluding hydrogens is 152 g/mol. The van der Waals surface area contributed by atoms with E-state index in [0.717, 1.165) is 19.3 Å². The van der Waals surface area contributed by atoms with Crippen LogP contribution < -0.4 is 0 Å². The van der Waals surface area contributed by atoms with E-state index in [1.165, 1.54) is 0 Å². The van der Waals surface area contributed by atoms with E-state index in [-0.39, 0.29) is 11.9 Å². The lowest BCUT2D eigenvalue weighted by Gasteiger charge is -2.23. The second-order valence-corrected chi connectivity index (χ2v) is 3.82. The Bertz CT molecular complexity index is 194. The highest BCUT2D eigenvalue weighted by Crippen LogP contribution is 2.26. The zero-order valence-corrected chi connectivity index (χ0v) is 7.80. The Morgan fingerprint density at radius 2 is 2.33 bits per heavy atom. The maximum atomic E-state index is 11.3. The van der Waals surface area contributed by atoms with Crippen LogP contribution in [0.3, 0.4) is 0 Å². The summed E-state index contributed by atoms with van der Waals surface area (Å²) in [5.74, 6) is 1.21. The molecule has 0 saturated carbocycles. The minimum atomic E-state index is -0.0834. The van der Waals surface area contributed by atoms with Gasteiger partial charge in [0.05, 0.1) is 5.92 Å². The summed E-state index contributed by atoms with van der Waals surface area (Å²) >= 11 is 0. The Labute approximate surface area is 73.6 Å². The van der Waals surface area contributed by atoms with Crippen molar-refractivity contribution < 1.29 is 9.53 Å². The number of carbonyl (C=O) groups excluding carboxylic acids is 1. The van der Waals surface area contributed by atoms with Gasteiger partial charge in [0.15, 0.2) is 0 Å². The van der Waals surface area contributed by atoms with Crippen LogP contribution in [0.1, 0.15) is 33.1 Å². The summed E-state index contributed by atoms with van der Waals surface area (Å²) in [5, 5.41) is 0. The number of hydrogen-bond acceptors (Lipinski definition) is 2. The van der Waals surface area contributed by atoms with Crippen molar-refractivity contribution in [3.05, 3.63) is 12.3 Å². The van der Waals surface area contributed by atoms with Crippen molar-refractivity contribution in [1.82, 2.24) is 0 Å². The van der Waals surface area contributed by atoms with Crippen LogP contribution >= 0.6 is 0 Å². The Morgan fingerprint density at radius 1 is 1.67 bits per heavy atom. The van der Waals surface area contributed by atoms with Gasteiger partial charge >= 0.3 is 5.97 Å². The van der Waals surface area contributed by atoms with Gasteiger partial charge in [-0.05, 0) is 18.8 Å². The first kappa shape index (κ1) is 9.30. The van der Waals surface area contributed by atoms with Gasteiger partial charge in [-0.15, -0.1) is 0 Å². The molecule has 1 atom stereocenters. The van der Waals surface area contributed by atoms with E-state index in [2.05, 4.69) is 20.4 Å². The molecule has 2 nitrogen and oxygen atoms in total. The second kappa shape index (κ2) is 3.74. The van der Waals surface area contributed by atoms with Crippen molar-refractivity contribution >= 4 is 5.97 Å². The van der Waals surface area contributed by atoms with Crippen LogP contribution in [0.15, 0.2) is 12.3 Å². The van der Waals surface area contributed by atoms with Crippen molar-refractivity contribution in [3.8, 4) is 0 Å². The lowest BCUT2D eigenvalue weighted by molar-refractivity contribution is -0.148. The summed E-state index contributed by atoms with van der Waals surface area (Å²) in [5.41, 5.74) is 0. The van der Waals surface area contributed by atoms with Gasteiger partial charge in [-0.1, -0.05) is 20.4 Å². The van der Waals surface area contributed by atoms with Crippen molar-refractivity contribution in [2.75, 3.05) is 0 Å². The predicted molar refractivity (Wildman–Crippen MR) is 47.4 cm³/mol. The quantitative estimate of drug-likeness (QED) is 0.592. The molecule has 68 valence electrons. The molecular formula is C10H16O2. The molecule has 0 bridgehead atoms. The number of cyclic esters (lactones) is 1. The minimum absolute atomic E-state index is 0.0834. The molecule has 0 N–H and O–H groups in total. The van der Waals surface area contributed by atoms with E-state index >= 15 is 0 Å². The number of hydrogen-bond donors (Lipinski definition) is 0. The number of esters is 1. The Kier molecular flexibility index (Phi) is 2.90. The molecule has 12 heavy (non-hydrogen) atoms. The van der Waals surface area contributed by atoms with E-state index in [0.29, 0.717) is 11.7 Å². The molecule has 1 saturated heterocycles. The first-order valence-corrected chi connectivity index (χ1v) is 4.49. The van der Waals surface area contributed by atoms with Gasteiger partial charge in [0.2, 0.25) is 0 Å². The van der Waals surface area contributed by atoms with Gasteiger partial charge in [-0.3, -0.25) is 4.79 Å². The molecule has 1 fully saturated rings. The summed E-state index contributed by atoms with van der Waals surface area (Å²) in [7, 11) is 0. The van der Waals surface area contributed by atoms with E-state index in [4.69, 9.17) is 4.74 Å². The highest BCUT2D eigenvalue weighted by molar-refractivity contribution is 5.74.